The normalized spacial score (nSPS) is 16.6. The van der Waals surface area contributed by atoms with Crippen LogP contribution in [0, 0.1) is 0 Å². The summed E-state index contributed by atoms with van der Waals surface area (Å²) in [5.74, 6) is 0.939. The predicted molar refractivity (Wildman–Crippen MR) is 63.9 cm³/mol. The van der Waals surface area contributed by atoms with Crippen LogP contribution in [0.3, 0.4) is 0 Å². The molecule has 3 heteroatoms. The Labute approximate surface area is 96.6 Å². The molecule has 2 rings (SSSR count). The van der Waals surface area contributed by atoms with Gasteiger partial charge in [-0.05, 0) is 36.1 Å². The molecule has 1 aliphatic heterocycles. The summed E-state index contributed by atoms with van der Waals surface area (Å²) >= 11 is 0. The van der Waals surface area contributed by atoms with Crippen LogP contribution in [0.15, 0.2) is 18.2 Å². The number of fused-ring (bicyclic) bond motifs is 1. The highest BCUT2D eigenvalue weighted by atomic mass is 16.5. The number of hydrogen-bond acceptors (Lipinski definition) is 3. The van der Waals surface area contributed by atoms with Crippen LogP contribution in [-0.2, 0) is 12.8 Å². The monoisotopic (exact) mass is 221 g/mol. The largest absolute Gasteiger partial charge is 0.497 e. The zero-order chi connectivity index (χ0) is 11.4. The topological polar surface area (TPSA) is 32.7 Å². The highest BCUT2D eigenvalue weighted by Crippen LogP contribution is 2.21. The molecule has 0 aliphatic carbocycles. The van der Waals surface area contributed by atoms with E-state index in [1.807, 2.05) is 6.07 Å². The van der Waals surface area contributed by atoms with Gasteiger partial charge in [-0.2, -0.15) is 0 Å². The quantitative estimate of drug-likeness (QED) is 0.829. The van der Waals surface area contributed by atoms with Crippen LogP contribution in [-0.4, -0.2) is 43.4 Å². The first kappa shape index (κ1) is 11.4. The maximum absolute atomic E-state index is 8.95. The van der Waals surface area contributed by atoms with Crippen molar-refractivity contribution >= 4 is 0 Å². The van der Waals surface area contributed by atoms with Gasteiger partial charge in [-0.25, -0.2) is 0 Å². The van der Waals surface area contributed by atoms with E-state index in [0.29, 0.717) is 0 Å². The molecule has 0 fully saturated rings. The van der Waals surface area contributed by atoms with Crippen LogP contribution in [0.5, 0.6) is 5.75 Å². The van der Waals surface area contributed by atoms with E-state index < -0.39 is 0 Å². The van der Waals surface area contributed by atoms with Gasteiger partial charge < -0.3 is 14.7 Å². The summed E-state index contributed by atoms with van der Waals surface area (Å²) in [7, 11) is 1.70. The van der Waals surface area contributed by atoms with Gasteiger partial charge in [0, 0.05) is 19.6 Å². The van der Waals surface area contributed by atoms with E-state index in [9.17, 15) is 0 Å². The molecule has 3 nitrogen and oxygen atoms in total. The maximum atomic E-state index is 8.95. The number of β-amino-alcohol motifs (C(OH)–C–C–N with tert-alkyl or cyclic N) is 1. The number of benzene rings is 1. The Morgan fingerprint density at radius 1 is 1.25 bits per heavy atom. The average Bonchev–Trinajstić information content (AvgIpc) is 2.52. The number of methoxy groups -OCH3 is 1. The first-order chi connectivity index (χ1) is 7.83. The Bertz CT molecular complexity index is 352. The molecule has 1 aromatic rings. The van der Waals surface area contributed by atoms with Crippen LogP contribution >= 0.6 is 0 Å². The van der Waals surface area contributed by atoms with Crippen LogP contribution < -0.4 is 4.74 Å². The molecule has 0 saturated heterocycles. The smallest absolute Gasteiger partial charge is 0.119 e. The summed E-state index contributed by atoms with van der Waals surface area (Å²) in [6, 6.07) is 6.33. The number of rotatable bonds is 3. The summed E-state index contributed by atoms with van der Waals surface area (Å²) in [6.45, 7) is 3.10. The van der Waals surface area contributed by atoms with E-state index in [1.165, 1.54) is 11.1 Å². The zero-order valence-electron chi connectivity index (χ0n) is 9.78. The fourth-order valence-electron chi connectivity index (χ4n) is 2.24. The minimum atomic E-state index is 0.250. The van der Waals surface area contributed by atoms with Gasteiger partial charge in [-0.1, -0.05) is 6.07 Å². The molecule has 1 heterocycles. The van der Waals surface area contributed by atoms with Crippen LogP contribution in [0.2, 0.25) is 0 Å². The number of nitrogens with zero attached hydrogens (tertiary/aromatic N) is 1. The molecule has 0 atom stereocenters. The third kappa shape index (κ3) is 2.54. The lowest BCUT2D eigenvalue weighted by atomic mass is 10.0. The number of aliphatic hydroxyl groups is 1. The molecular weight excluding hydrogens is 202 g/mol. The van der Waals surface area contributed by atoms with Crippen molar-refractivity contribution in [3.8, 4) is 5.75 Å². The molecule has 1 aliphatic rings. The molecule has 0 radical (unpaired) electrons. The maximum Gasteiger partial charge on any atom is 0.119 e. The molecule has 1 N–H and O–H groups in total. The SMILES string of the molecule is COc1ccc2c(c1)CCN(CCO)CC2. The Morgan fingerprint density at radius 3 is 2.69 bits per heavy atom. The summed E-state index contributed by atoms with van der Waals surface area (Å²) in [5, 5.41) is 8.95. The van der Waals surface area contributed by atoms with Gasteiger partial charge in [0.1, 0.15) is 5.75 Å². The van der Waals surface area contributed by atoms with Crippen molar-refractivity contribution in [3.05, 3.63) is 29.3 Å². The van der Waals surface area contributed by atoms with Gasteiger partial charge in [-0.3, -0.25) is 0 Å². The molecule has 0 unspecified atom stereocenters. The van der Waals surface area contributed by atoms with E-state index >= 15 is 0 Å². The second-order valence-electron chi connectivity index (χ2n) is 4.20. The molecule has 0 aromatic heterocycles. The molecule has 1 aromatic carbocycles. The molecule has 16 heavy (non-hydrogen) atoms. The highest BCUT2D eigenvalue weighted by molar-refractivity contribution is 5.36. The van der Waals surface area contributed by atoms with E-state index in [4.69, 9.17) is 9.84 Å². The van der Waals surface area contributed by atoms with Crippen LogP contribution in [0.25, 0.3) is 0 Å². The Hall–Kier alpha value is -1.06. The van der Waals surface area contributed by atoms with Gasteiger partial charge in [0.25, 0.3) is 0 Å². The summed E-state index contributed by atoms with van der Waals surface area (Å²) < 4.78 is 5.24. The summed E-state index contributed by atoms with van der Waals surface area (Å²) in [5.41, 5.74) is 2.81. The summed E-state index contributed by atoms with van der Waals surface area (Å²) in [4.78, 5) is 2.31. The van der Waals surface area contributed by atoms with Gasteiger partial charge >= 0.3 is 0 Å². The molecule has 88 valence electrons. The molecular formula is C13H19NO2. The lowest BCUT2D eigenvalue weighted by molar-refractivity contribution is 0.201. The van der Waals surface area contributed by atoms with E-state index in [-0.39, 0.29) is 6.61 Å². The second-order valence-corrected chi connectivity index (χ2v) is 4.20. The number of ether oxygens (including phenoxy) is 1. The highest BCUT2D eigenvalue weighted by Gasteiger charge is 2.13. The fraction of sp³-hybridized carbons (Fsp3) is 0.538. The van der Waals surface area contributed by atoms with E-state index in [1.54, 1.807) is 7.11 Å². The van der Waals surface area contributed by atoms with Crippen molar-refractivity contribution in [3.63, 3.8) is 0 Å². The number of aliphatic hydroxyl groups excluding tert-OH is 1. The molecule has 0 saturated carbocycles. The fourth-order valence-corrected chi connectivity index (χ4v) is 2.24. The Kier molecular flexibility index (Phi) is 3.80. The zero-order valence-corrected chi connectivity index (χ0v) is 9.78. The molecule has 0 bridgehead atoms. The van der Waals surface area contributed by atoms with Gasteiger partial charge in [0.15, 0.2) is 0 Å². The van der Waals surface area contributed by atoms with Gasteiger partial charge in [0.2, 0.25) is 0 Å². The summed E-state index contributed by atoms with van der Waals surface area (Å²) in [6.07, 6.45) is 2.12. The van der Waals surface area contributed by atoms with Crippen molar-refractivity contribution in [2.75, 3.05) is 33.4 Å². The Morgan fingerprint density at radius 2 is 2.00 bits per heavy atom. The van der Waals surface area contributed by atoms with Crippen molar-refractivity contribution < 1.29 is 9.84 Å². The third-order valence-electron chi connectivity index (χ3n) is 3.22. The predicted octanol–water partition coefficient (Wildman–Crippen LogP) is 1.09. The lowest BCUT2D eigenvalue weighted by Gasteiger charge is -2.17. The van der Waals surface area contributed by atoms with Gasteiger partial charge in [0.05, 0.1) is 13.7 Å². The van der Waals surface area contributed by atoms with Crippen LogP contribution in [0.1, 0.15) is 11.1 Å². The standard InChI is InChI=1S/C13H19NO2/c1-16-13-3-2-11-4-6-14(8-9-15)7-5-12(11)10-13/h2-3,10,15H,4-9H2,1H3. The Balaban J connectivity index is 2.11. The lowest BCUT2D eigenvalue weighted by Crippen LogP contribution is -2.29. The minimum Gasteiger partial charge on any atom is -0.497 e. The molecule has 0 spiro atoms. The van der Waals surface area contributed by atoms with E-state index in [2.05, 4.69) is 17.0 Å². The third-order valence-corrected chi connectivity index (χ3v) is 3.22. The number of hydrogen-bond donors (Lipinski definition) is 1. The minimum absolute atomic E-state index is 0.250. The van der Waals surface area contributed by atoms with E-state index in [0.717, 1.165) is 38.2 Å². The van der Waals surface area contributed by atoms with Crippen molar-refractivity contribution in [2.24, 2.45) is 0 Å². The average molecular weight is 221 g/mol. The first-order valence-corrected chi connectivity index (χ1v) is 5.82. The van der Waals surface area contributed by atoms with Crippen molar-refractivity contribution in [1.29, 1.82) is 0 Å². The van der Waals surface area contributed by atoms with Crippen LogP contribution in [0.4, 0.5) is 0 Å². The first-order valence-electron chi connectivity index (χ1n) is 5.82. The van der Waals surface area contributed by atoms with Crippen molar-refractivity contribution in [1.82, 2.24) is 4.90 Å². The second kappa shape index (κ2) is 5.32. The molecule has 0 amide bonds. The van der Waals surface area contributed by atoms with Crippen molar-refractivity contribution in [2.45, 2.75) is 12.8 Å². The van der Waals surface area contributed by atoms with Gasteiger partial charge in [-0.15, -0.1) is 0 Å².